The maximum Gasteiger partial charge on any atom is 0.224 e. The maximum absolute atomic E-state index is 12.8. The molecular weight excluding hydrogens is 275 g/mol. The van der Waals surface area contributed by atoms with E-state index in [1.54, 1.807) is 24.1 Å². The smallest absolute Gasteiger partial charge is 0.224 e. The Morgan fingerprint density at radius 3 is 2.60 bits per heavy atom. The number of benzene rings is 1. The number of rotatable bonds is 5. The highest BCUT2D eigenvalue weighted by molar-refractivity contribution is 7.99. The summed E-state index contributed by atoms with van der Waals surface area (Å²) >= 11 is 1.52. The van der Waals surface area contributed by atoms with Crippen molar-refractivity contribution in [1.29, 1.82) is 5.26 Å². The molecule has 0 heterocycles. The van der Waals surface area contributed by atoms with Crippen molar-refractivity contribution in [3.8, 4) is 6.07 Å². The van der Waals surface area contributed by atoms with E-state index in [-0.39, 0.29) is 11.7 Å². The number of halogens is 1. The molecule has 0 atom stereocenters. The fourth-order valence-corrected chi connectivity index (χ4v) is 3.07. The molecule has 1 aromatic carbocycles. The van der Waals surface area contributed by atoms with Gasteiger partial charge in [0.2, 0.25) is 5.91 Å². The van der Waals surface area contributed by atoms with Gasteiger partial charge in [-0.2, -0.15) is 5.26 Å². The zero-order chi connectivity index (χ0) is 14.6. The van der Waals surface area contributed by atoms with E-state index in [9.17, 15) is 14.4 Å². The van der Waals surface area contributed by atoms with Gasteiger partial charge in [0.05, 0.1) is 6.07 Å². The molecule has 0 bridgehead atoms. The average molecular weight is 292 g/mol. The van der Waals surface area contributed by atoms with Crippen LogP contribution in [0.5, 0.6) is 0 Å². The predicted molar refractivity (Wildman–Crippen MR) is 76.7 cm³/mol. The molecule has 0 saturated heterocycles. The van der Waals surface area contributed by atoms with Crippen LogP contribution in [-0.4, -0.2) is 29.1 Å². The summed E-state index contributed by atoms with van der Waals surface area (Å²) in [6, 6.07) is 8.50. The van der Waals surface area contributed by atoms with Crippen molar-refractivity contribution in [2.75, 3.05) is 12.8 Å². The number of nitrogens with zero attached hydrogens (tertiary/aromatic N) is 2. The second-order valence-corrected chi connectivity index (χ2v) is 6.17. The molecule has 0 unspecified atom stereocenters. The first-order valence-electron chi connectivity index (χ1n) is 6.64. The fraction of sp³-hybridized carbons (Fsp3) is 0.467. The minimum Gasteiger partial charge on any atom is -0.327 e. The van der Waals surface area contributed by atoms with Gasteiger partial charge >= 0.3 is 0 Å². The lowest BCUT2D eigenvalue weighted by Gasteiger charge is -2.43. The summed E-state index contributed by atoms with van der Waals surface area (Å²) in [5, 5.41) is 9.20. The van der Waals surface area contributed by atoms with Gasteiger partial charge in [-0.15, -0.1) is 11.8 Å². The van der Waals surface area contributed by atoms with Crippen LogP contribution in [-0.2, 0) is 4.79 Å². The summed E-state index contributed by atoms with van der Waals surface area (Å²) in [5.41, 5.74) is -0.572. The van der Waals surface area contributed by atoms with Gasteiger partial charge < -0.3 is 4.90 Å². The first kappa shape index (κ1) is 14.9. The van der Waals surface area contributed by atoms with E-state index >= 15 is 0 Å². The van der Waals surface area contributed by atoms with Crippen LogP contribution < -0.4 is 0 Å². The molecule has 2 rings (SSSR count). The molecule has 0 spiro atoms. The highest BCUT2D eigenvalue weighted by Crippen LogP contribution is 2.36. The van der Waals surface area contributed by atoms with Crippen LogP contribution in [0.3, 0.4) is 0 Å². The maximum atomic E-state index is 12.8. The average Bonchev–Trinajstić information content (AvgIpc) is 2.40. The highest BCUT2D eigenvalue weighted by atomic mass is 32.2. The number of amides is 1. The Balaban J connectivity index is 1.80. The third kappa shape index (κ3) is 3.13. The molecule has 0 aliphatic heterocycles. The monoisotopic (exact) mass is 292 g/mol. The molecule has 1 aromatic rings. The van der Waals surface area contributed by atoms with E-state index in [1.165, 1.54) is 23.9 Å². The van der Waals surface area contributed by atoms with Crippen LogP contribution in [0, 0.1) is 17.1 Å². The predicted octanol–water partition coefficient (Wildman–Crippen LogP) is 3.21. The van der Waals surface area contributed by atoms with Crippen LogP contribution in [0.15, 0.2) is 29.2 Å². The zero-order valence-corrected chi connectivity index (χ0v) is 12.3. The Morgan fingerprint density at radius 2 is 2.10 bits per heavy atom. The fourth-order valence-electron chi connectivity index (χ4n) is 2.23. The van der Waals surface area contributed by atoms with Crippen molar-refractivity contribution in [2.24, 2.45) is 0 Å². The molecule has 0 N–H and O–H groups in total. The van der Waals surface area contributed by atoms with E-state index in [4.69, 9.17) is 0 Å². The first-order valence-corrected chi connectivity index (χ1v) is 7.62. The number of carbonyl (C=O) groups excluding carboxylic acids is 1. The van der Waals surface area contributed by atoms with Crippen LogP contribution in [0.2, 0.25) is 0 Å². The van der Waals surface area contributed by atoms with Crippen molar-refractivity contribution in [2.45, 2.75) is 36.1 Å². The largest absolute Gasteiger partial charge is 0.327 e. The molecule has 106 valence electrons. The topological polar surface area (TPSA) is 44.1 Å². The minimum atomic E-state index is -0.572. The lowest BCUT2D eigenvalue weighted by molar-refractivity contribution is -0.135. The van der Waals surface area contributed by atoms with Crippen LogP contribution in [0.1, 0.15) is 25.7 Å². The highest BCUT2D eigenvalue weighted by Gasteiger charge is 2.43. The summed E-state index contributed by atoms with van der Waals surface area (Å²) in [4.78, 5) is 14.6. The number of carbonyl (C=O) groups is 1. The Labute approximate surface area is 122 Å². The second-order valence-electron chi connectivity index (χ2n) is 5.00. The molecule has 0 aromatic heterocycles. The molecule has 5 heteroatoms. The molecule has 1 fully saturated rings. The van der Waals surface area contributed by atoms with Gasteiger partial charge in [0.15, 0.2) is 0 Å². The lowest BCUT2D eigenvalue weighted by Crippen LogP contribution is -2.53. The van der Waals surface area contributed by atoms with Crippen LogP contribution in [0.4, 0.5) is 4.39 Å². The Morgan fingerprint density at radius 1 is 1.45 bits per heavy atom. The van der Waals surface area contributed by atoms with Crippen molar-refractivity contribution in [3.63, 3.8) is 0 Å². The van der Waals surface area contributed by atoms with E-state index in [0.29, 0.717) is 12.2 Å². The number of hydrogen-bond acceptors (Lipinski definition) is 3. The van der Waals surface area contributed by atoms with Crippen molar-refractivity contribution in [3.05, 3.63) is 30.1 Å². The third-order valence-electron chi connectivity index (χ3n) is 3.80. The molecule has 3 nitrogen and oxygen atoms in total. The quantitative estimate of drug-likeness (QED) is 0.783. The standard InChI is InChI=1S/C15H17FN2OS/c1-18(15(11-17)8-2-9-15)14(19)7-10-20-13-5-3-12(16)4-6-13/h3-6H,2,7-10H2,1H3. The summed E-state index contributed by atoms with van der Waals surface area (Å²) < 4.78 is 12.8. The van der Waals surface area contributed by atoms with Gasteiger partial charge in [-0.25, -0.2) is 4.39 Å². The summed E-state index contributed by atoms with van der Waals surface area (Å²) in [6.07, 6.45) is 2.95. The van der Waals surface area contributed by atoms with E-state index < -0.39 is 5.54 Å². The Hall–Kier alpha value is -1.54. The minimum absolute atomic E-state index is 0.000798. The third-order valence-corrected chi connectivity index (χ3v) is 4.82. The van der Waals surface area contributed by atoms with E-state index in [2.05, 4.69) is 6.07 Å². The summed E-state index contributed by atoms with van der Waals surface area (Å²) in [6.45, 7) is 0. The summed E-state index contributed by atoms with van der Waals surface area (Å²) in [5.74, 6) is 0.378. The molecular formula is C15H17FN2OS. The Bertz CT molecular complexity index is 520. The summed E-state index contributed by atoms with van der Waals surface area (Å²) in [7, 11) is 1.72. The van der Waals surface area contributed by atoms with Crippen molar-refractivity contribution >= 4 is 17.7 Å². The molecule has 1 saturated carbocycles. The number of nitriles is 1. The van der Waals surface area contributed by atoms with E-state index in [1.807, 2.05) is 0 Å². The number of thioether (sulfide) groups is 1. The first-order chi connectivity index (χ1) is 9.57. The molecule has 20 heavy (non-hydrogen) atoms. The van der Waals surface area contributed by atoms with Gasteiger partial charge in [-0.3, -0.25) is 4.79 Å². The van der Waals surface area contributed by atoms with Gasteiger partial charge in [0.25, 0.3) is 0 Å². The normalized spacial score (nSPS) is 16.1. The van der Waals surface area contributed by atoms with Crippen LogP contribution >= 0.6 is 11.8 Å². The van der Waals surface area contributed by atoms with Gasteiger partial charge in [-0.05, 0) is 43.5 Å². The number of hydrogen-bond donors (Lipinski definition) is 0. The zero-order valence-electron chi connectivity index (χ0n) is 11.4. The molecule has 1 aliphatic rings. The van der Waals surface area contributed by atoms with Crippen molar-refractivity contribution < 1.29 is 9.18 Å². The van der Waals surface area contributed by atoms with Gasteiger partial charge in [0, 0.05) is 24.1 Å². The second kappa shape index (κ2) is 6.27. The molecule has 0 radical (unpaired) electrons. The van der Waals surface area contributed by atoms with Gasteiger partial charge in [-0.1, -0.05) is 0 Å². The van der Waals surface area contributed by atoms with E-state index in [0.717, 1.165) is 24.2 Å². The van der Waals surface area contributed by atoms with Crippen LogP contribution in [0.25, 0.3) is 0 Å². The Kier molecular flexibility index (Phi) is 4.66. The van der Waals surface area contributed by atoms with Crippen molar-refractivity contribution in [1.82, 2.24) is 4.90 Å². The molecule has 1 aliphatic carbocycles. The molecule has 1 amide bonds. The lowest BCUT2D eigenvalue weighted by atomic mass is 9.76. The SMILES string of the molecule is CN(C(=O)CCSc1ccc(F)cc1)C1(C#N)CCC1. The van der Waals surface area contributed by atoms with Gasteiger partial charge in [0.1, 0.15) is 11.4 Å².